The van der Waals surface area contributed by atoms with E-state index in [1.807, 2.05) is 26.0 Å². The van der Waals surface area contributed by atoms with Gasteiger partial charge in [0.15, 0.2) is 5.76 Å². The number of hydrazone groups is 1. The zero-order valence-corrected chi connectivity index (χ0v) is 19.7. The molecular formula is C26H27N3O5. The van der Waals surface area contributed by atoms with Crippen LogP contribution in [0.3, 0.4) is 0 Å². The van der Waals surface area contributed by atoms with E-state index in [4.69, 9.17) is 13.9 Å². The number of ether oxygens (including phenoxy) is 2. The zero-order valence-electron chi connectivity index (χ0n) is 19.7. The van der Waals surface area contributed by atoms with Gasteiger partial charge < -0.3 is 19.2 Å². The van der Waals surface area contributed by atoms with Crippen molar-refractivity contribution in [3.8, 4) is 11.5 Å². The van der Waals surface area contributed by atoms with E-state index in [2.05, 4.69) is 15.8 Å². The third-order valence-electron chi connectivity index (χ3n) is 5.76. The molecule has 0 spiro atoms. The van der Waals surface area contributed by atoms with Crippen LogP contribution in [0.5, 0.6) is 11.5 Å². The summed E-state index contributed by atoms with van der Waals surface area (Å²) in [5.41, 5.74) is 6.80. The van der Waals surface area contributed by atoms with E-state index in [9.17, 15) is 9.59 Å². The summed E-state index contributed by atoms with van der Waals surface area (Å²) < 4.78 is 16.6. The minimum absolute atomic E-state index is 0.203. The van der Waals surface area contributed by atoms with Gasteiger partial charge in [-0.1, -0.05) is 17.7 Å². The number of nitrogens with zero attached hydrogens (tertiary/aromatic N) is 1. The Kier molecular flexibility index (Phi) is 6.67. The molecule has 176 valence electrons. The monoisotopic (exact) mass is 461 g/mol. The lowest BCUT2D eigenvalue weighted by Crippen LogP contribution is -2.22. The van der Waals surface area contributed by atoms with E-state index in [1.165, 1.54) is 7.11 Å². The summed E-state index contributed by atoms with van der Waals surface area (Å²) in [6.07, 6.45) is 2.17. The van der Waals surface area contributed by atoms with E-state index in [1.54, 1.807) is 37.4 Å². The van der Waals surface area contributed by atoms with E-state index < -0.39 is 5.91 Å². The van der Waals surface area contributed by atoms with Crippen molar-refractivity contribution >= 4 is 23.2 Å². The number of methoxy groups -OCH3 is 2. The van der Waals surface area contributed by atoms with Crippen molar-refractivity contribution < 1.29 is 23.5 Å². The number of nitrogens with one attached hydrogen (secondary N) is 2. The molecule has 8 nitrogen and oxygen atoms in total. The topological polar surface area (TPSA) is 102 Å². The highest BCUT2D eigenvalue weighted by Gasteiger charge is 2.28. The average molecular weight is 462 g/mol. The van der Waals surface area contributed by atoms with Crippen LogP contribution in [0.4, 0.5) is 5.69 Å². The molecule has 0 radical (unpaired) electrons. The number of fused-ring (bicyclic) bond motifs is 1. The van der Waals surface area contributed by atoms with Crippen LogP contribution in [0.1, 0.15) is 56.2 Å². The molecular weight excluding hydrogens is 434 g/mol. The second-order valence-electron chi connectivity index (χ2n) is 8.10. The SMILES string of the molecule is COc1ccc(OC)c(NC(=O)c2oc3c(c2C)/C(=N/NC(=O)c2cccc(C)c2)CCC3)c1. The Hall–Kier alpha value is -4.07. The fourth-order valence-corrected chi connectivity index (χ4v) is 4.06. The molecule has 0 atom stereocenters. The van der Waals surface area contributed by atoms with E-state index >= 15 is 0 Å². The van der Waals surface area contributed by atoms with Crippen LogP contribution < -0.4 is 20.2 Å². The quantitative estimate of drug-likeness (QED) is 0.521. The van der Waals surface area contributed by atoms with Gasteiger partial charge in [-0.3, -0.25) is 9.59 Å². The molecule has 0 fully saturated rings. The summed E-state index contributed by atoms with van der Waals surface area (Å²) in [4.78, 5) is 25.6. The van der Waals surface area contributed by atoms with Crippen LogP contribution in [-0.2, 0) is 6.42 Å². The average Bonchev–Trinajstić information content (AvgIpc) is 3.19. The number of carbonyl (C=O) groups is 2. The molecule has 1 aromatic heterocycles. The van der Waals surface area contributed by atoms with Crippen molar-refractivity contribution in [1.82, 2.24) is 5.43 Å². The summed E-state index contributed by atoms with van der Waals surface area (Å²) in [5.74, 6) is 1.30. The number of furan rings is 1. The molecule has 0 bridgehead atoms. The first kappa shape index (κ1) is 23.1. The van der Waals surface area contributed by atoms with Gasteiger partial charge in [0, 0.05) is 29.2 Å². The van der Waals surface area contributed by atoms with Crippen molar-refractivity contribution in [2.75, 3.05) is 19.5 Å². The molecule has 1 heterocycles. The lowest BCUT2D eigenvalue weighted by Gasteiger charge is -2.13. The van der Waals surface area contributed by atoms with Crippen molar-refractivity contribution in [3.63, 3.8) is 0 Å². The molecule has 1 aliphatic rings. The van der Waals surface area contributed by atoms with Gasteiger partial charge in [0.1, 0.15) is 17.3 Å². The second kappa shape index (κ2) is 9.82. The minimum atomic E-state index is -0.401. The minimum Gasteiger partial charge on any atom is -0.497 e. The molecule has 2 N–H and O–H groups in total. The predicted octanol–water partition coefficient (Wildman–Crippen LogP) is 4.64. The molecule has 1 aliphatic carbocycles. The Morgan fingerprint density at radius 1 is 1.00 bits per heavy atom. The van der Waals surface area contributed by atoms with Crippen LogP contribution in [-0.4, -0.2) is 31.7 Å². The van der Waals surface area contributed by atoms with Crippen molar-refractivity contribution in [2.24, 2.45) is 5.10 Å². The van der Waals surface area contributed by atoms with Gasteiger partial charge in [-0.2, -0.15) is 5.10 Å². The third kappa shape index (κ3) is 4.66. The molecule has 0 saturated heterocycles. The van der Waals surface area contributed by atoms with Gasteiger partial charge in [-0.25, -0.2) is 5.43 Å². The first-order valence-corrected chi connectivity index (χ1v) is 11.0. The molecule has 8 heteroatoms. The summed E-state index contributed by atoms with van der Waals surface area (Å²) in [5, 5.41) is 7.23. The second-order valence-corrected chi connectivity index (χ2v) is 8.10. The summed E-state index contributed by atoms with van der Waals surface area (Å²) in [6, 6.07) is 12.5. The van der Waals surface area contributed by atoms with Crippen molar-refractivity contribution in [1.29, 1.82) is 0 Å². The number of aryl methyl sites for hydroxylation is 2. The highest BCUT2D eigenvalue weighted by atomic mass is 16.5. The maximum absolute atomic E-state index is 13.1. The lowest BCUT2D eigenvalue weighted by atomic mass is 9.93. The number of hydrogen-bond acceptors (Lipinski definition) is 6. The van der Waals surface area contributed by atoms with Crippen LogP contribution in [0.25, 0.3) is 0 Å². The fraction of sp³-hybridized carbons (Fsp3) is 0.269. The van der Waals surface area contributed by atoms with Gasteiger partial charge in [-0.05, 0) is 51.0 Å². The van der Waals surface area contributed by atoms with Gasteiger partial charge >= 0.3 is 0 Å². The zero-order chi connectivity index (χ0) is 24.2. The highest BCUT2D eigenvalue weighted by Crippen LogP contribution is 2.32. The normalized spacial score (nSPS) is 13.8. The van der Waals surface area contributed by atoms with E-state index in [0.717, 1.165) is 17.5 Å². The predicted molar refractivity (Wildman–Crippen MR) is 129 cm³/mol. The first-order chi connectivity index (χ1) is 16.4. The molecule has 34 heavy (non-hydrogen) atoms. The Bertz CT molecular complexity index is 1280. The van der Waals surface area contributed by atoms with E-state index in [-0.39, 0.29) is 11.7 Å². The number of anilines is 1. The largest absolute Gasteiger partial charge is 0.497 e. The number of rotatable bonds is 6. The molecule has 0 unspecified atom stereocenters. The van der Waals surface area contributed by atoms with Crippen molar-refractivity contribution in [2.45, 2.75) is 33.1 Å². The maximum Gasteiger partial charge on any atom is 0.291 e. The van der Waals surface area contributed by atoms with Gasteiger partial charge in [0.05, 0.1) is 25.6 Å². The lowest BCUT2D eigenvalue weighted by molar-refractivity contribution is 0.0953. The highest BCUT2D eigenvalue weighted by molar-refractivity contribution is 6.10. The van der Waals surface area contributed by atoms with Gasteiger partial charge in [0.2, 0.25) is 0 Å². The number of benzene rings is 2. The van der Waals surface area contributed by atoms with Gasteiger partial charge in [-0.15, -0.1) is 0 Å². The smallest absolute Gasteiger partial charge is 0.291 e. The van der Waals surface area contributed by atoms with Crippen molar-refractivity contribution in [3.05, 3.63) is 76.2 Å². The van der Waals surface area contributed by atoms with Crippen LogP contribution >= 0.6 is 0 Å². The summed E-state index contributed by atoms with van der Waals surface area (Å²) in [7, 11) is 3.08. The standard InChI is InChI=1S/C26H27N3O5/c1-15-7-5-8-17(13-15)25(30)29-28-19-9-6-10-22-23(19)16(2)24(34-22)26(31)27-20-14-18(32-3)11-12-21(20)33-4/h5,7-8,11-14H,6,9-10H2,1-4H3,(H,27,31)(H,29,30)/b28-19+. The third-order valence-corrected chi connectivity index (χ3v) is 5.76. The molecule has 4 rings (SSSR count). The molecule has 2 amide bonds. The van der Waals surface area contributed by atoms with Gasteiger partial charge in [0.25, 0.3) is 11.8 Å². The number of carbonyl (C=O) groups excluding carboxylic acids is 2. The summed E-state index contributed by atoms with van der Waals surface area (Å²) >= 11 is 0. The number of hydrogen-bond donors (Lipinski definition) is 2. The van der Waals surface area contributed by atoms with E-state index in [0.29, 0.717) is 52.6 Å². The maximum atomic E-state index is 13.1. The molecule has 0 saturated carbocycles. The summed E-state index contributed by atoms with van der Waals surface area (Å²) in [6.45, 7) is 3.75. The Morgan fingerprint density at radius 2 is 1.82 bits per heavy atom. The van der Waals surface area contributed by atoms with Crippen LogP contribution in [0.2, 0.25) is 0 Å². The molecule has 3 aromatic rings. The first-order valence-electron chi connectivity index (χ1n) is 11.0. The molecule has 0 aliphatic heterocycles. The molecule has 2 aromatic carbocycles. The Balaban J connectivity index is 1.59. The van der Waals surface area contributed by atoms with Crippen LogP contribution in [0.15, 0.2) is 52.0 Å². The Morgan fingerprint density at radius 3 is 2.56 bits per heavy atom. The number of amides is 2. The Labute approximate surface area is 197 Å². The fourth-order valence-electron chi connectivity index (χ4n) is 4.06. The van der Waals surface area contributed by atoms with Crippen LogP contribution in [0, 0.1) is 13.8 Å².